The quantitative estimate of drug-likeness (QED) is 0.493. The molecule has 170 valence electrons. The van der Waals surface area contributed by atoms with Gasteiger partial charge in [-0.3, -0.25) is 14.2 Å². The van der Waals surface area contributed by atoms with Gasteiger partial charge in [-0.2, -0.15) is 0 Å². The summed E-state index contributed by atoms with van der Waals surface area (Å²) >= 11 is 0. The summed E-state index contributed by atoms with van der Waals surface area (Å²) in [6.07, 6.45) is 1.75. The average Bonchev–Trinajstić information content (AvgIpc) is 3.09. The van der Waals surface area contributed by atoms with Gasteiger partial charge in [-0.15, -0.1) is 5.10 Å². The number of nitrogens with one attached hydrogen (secondary N) is 1. The largest absolute Gasteiger partial charge is 0.352 e. The van der Waals surface area contributed by atoms with E-state index in [0.717, 1.165) is 11.1 Å². The van der Waals surface area contributed by atoms with Crippen LogP contribution >= 0.6 is 0 Å². The summed E-state index contributed by atoms with van der Waals surface area (Å²) in [6.45, 7) is 11.5. The summed E-state index contributed by atoms with van der Waals surface area (Å²) in [5, 5.41) is 7.71. The van der Waals surface area contributed by atoms with Crippen LogP contribution < -0.4 is 16.6 Å². The Hall–Kier alpha value is -3.94. The highest BCUT2D eigenvalue weighted by molar-refractivity contribution is 5.98. The molecule has 0 saturated heterocycles. The van der Waals surface area contributed by atoms with Crippen LogP contribution in [-0.2, 0) is 6.54 Å². The van der Waals surface area contributed by atoms with E-state index < -0.39 is 0 Å². The molecular weight excluding hydrogens is 418 g/mol. The second-order valence-electron chi connectivity index (χ2n) is 8.65. The predicted molar refractivity (Wildman–Crippen MR) is 130 cm³/mol. The van der Waals surface area contributed by atoms with E-state index in [4.69, 9.17) is 0 Å². The molecule has 8 nitrogen and oxygen atoms in total. The molecule has 1 N–H and O–H groups in total. The number of hydrogen-bond acceptors (Lipinski definition) is 4. The third-order valence-corrected chi connectivity index (χ3v) is 5.47. The molecule has 4 rings (SSSR count). The van der Waals surface area contributed by atoms with Crippen LogP contribution in [-0.4, -0.2) is 30.7 Å². The Bertz CT molecular complexity index is 1490. The monoisotopic (exact) mass is 445 g/mol. The Morgan fingerprint density at radius 2 is 1.79 bits per heavy atom. The summed E-state index contributed by atoms with van der Waals surface area (Å²) in [4.78, 5) is 39.3. The molecule has 2 heterocycles. The first-order valence-corrected chi connectivity index (χ1v) is 10.9. The molecule has 0 unspecified atom stereocenters. The molecule has 0 radical (unpaired) electrons. The minimum absolute atomic E-state index is 0.0416. The van der Waals surface area contributed by atoms with Crippen molar-refractivity contribution in [1.29, 1.82) is 0 Å². The Kier molecular flexibility index (Phi) is 5.76. The third kappa shape index (κ3) is 4.00. The Morgan fingerprint density at radius 3 is 2.39 bits per heavy atom. The van der Waals surface area contributed by atoms with Gasteiger partial charge in [0, 0.05) is 17.6 Å². The summed E-state index contributed by atoms with van der Waals surface area (Å²) in [6, 6.07) is 12.2. The normalized spacial score (nSPS) is 11.6. The molecule has 0 aliphatic carbocycles. The minimum atomic E-state index is -0.376. The van der Waals surface area contributed by atoms with E-state index in [0.29, 0.717) is 16.5 Å². The summed E-state index contributed by atoms with van der Waals surface area (Å²) in [5.74, 6) is -0.0209. The molecule has 0 atom stereocenters. The van der Waals surface area contributed by atoms with E-state index >= 15 is 0 Å². The molecule has 0 aliphatic rings. The number of nitrogens with zero attached hydrogens (tertiary/aromatic N) is 4. The molecule has 4 aromatic rings. The highest BCUT2D eigenvalue weighted by Crippen LogP contribution is 2.17. The van der Waals surface area contributed by atoms with Crippen LogP contribution in [0.5, 0.6) is 0 Å². The van der Waals surface area contributed by atoms with Gasteiger partial charge in [-0.1, -0.05) is 36.9 Å². The maximum atomic E-state index is 13.4. The first-order valence-electron chi connectivity index (χ1n) is 10.9. The van der Waals surface area contributed by atoms with Gasteiger partial charge in [-0.25, -0.2) is 13.9 Å². The number of fused-ring (bicyclic) bond motifs is 3. The lowest BCUT2D eigenvalue weighted by Gasteiger charge is -2.13. The summed E-state index contributed by atoms with van der Waals surface area (Å²) in [7, 11) is 0. The van der Waals surface area contributed by atoms with Crippen molar-refractivity contribution in [3.8, 4) is 0 Å². The molecule has 33 heavy (non-hydrogen) atoms. The van der Waals surface area contributed by atoms with Gasteiger partial charge in [0.15, 0.2) is 0 Å². The highest BCUT2D eigenvalue weighted by atomic mass is 16.2. The fourth-order valence-corrected chi connectivity index (χ4v) is 3.87. The lowest BCUT2D eigenvalue weighted by atomic mass is 10.1. The smallest absolute Gasteiger partial charge is 0.350 e. The number of carbonyl (C=O) groups is 1. The van der Waals surface area contributed by atoms with Gasteiger partial charge in [0.05, 0.1) is 17.4 Å². The number of rotatable bonds is 6. The first kappa shape index (κ1) is 22.3. The van der Waals surface area contributed by atoms with Crippen LogP contribution in [0.1, 0.15) is 55.2 Å². The van der Waals surface area contributed by atoms with Crippen LogP contribution in [0.2, 0.25) is 0 Å². The molecule has 8 heteroatoms. The zero-order valence-corrected chi connectivity index (χ0v) is 19.2. The molecule has 0 bridgehead atoms. The molecule has 2 aromatic carbocycles. The number of amides is 1. The zero-order chi connectivity index (χ0) is 23.9. The number of aromatic nitrogens is 4. The van der Waals surface area contributed by atoms with Crippen LogP contribution in [0, 0.1) is 0 Å². The van der Waals surface area contributed by atoms with E-state index in [1.165, 1.54) is 13.6 Å². The molecule has 0 aliphatic heterocycles. The second-order valence-corrected chi connectivity index (χ2v) is 8.65. The third-order valence-electron chi connectivity index (χ3n) is 5.47. The van der Waals surface area contributed by atoms with Gasteiger partial charge < -0.3 is 5.32 Å². The van der Waals surface area contributed by atoms with Crippen molar-refractivity contribution >= 4 is 28.7 Å². The predicted octanol–water partition coefficient (Wildman–Crippen LogP) is 3.22. The zero-order valence-electron chi connectivity index (χ0n) is 19.2. The lowest BCUT2D eigenvalue weighted by molar-refractivity contribution is 0.0943. The van der Waals surface area contributed by atoms with E-state index in [-0.39, 0.29) is 41.6 Å². The van der Waals surface area contributed by atoms with Crippen molar-refractivity contribution in [3.63, 3.8) is 0 Å². The topological polar surface area (TPSA) is 90.4 Å². The van der Waals surface area contributed by atoms with Crippen molar-refractivity contribution in [3.05, 3.63) is 86.6 Å². The van der Waals surface area contributed by atoms with Gasteiger partial charge in [0.25, 0.3) is 11.5 Å². The number of benzene rings is 2. The fourth-order valence-electron chi connectivity index (χ4n) is 3.87. The van der Waals surface area contributed by atoms with E-state index in [1.54, 1.807) is 24.3 Å². The van der Waals surface area contributed by atoms with E-state index in [2.05, 4.69) is 17.0 Å². The number of hydrogen-bond donors (Lipinski definition) is 1. The average molecular weight is 446 g/mol. The maximum absolute atomic E-state index is 13.4. The maximum Gasteiger partial charge on any atom is 0.352 e. The highest BCUT2D eigenvalue weighted by Gasteiger charge is 2.20. The van der Waals surface area contributed by atoms with Gasteiger partial charge in [0.1, 0.15) is 0 Å². The minimum Gasteiger partial charge on any atom is -0.350 e. The molecular formula is C25H27N5O3. The Balaban J connectivity index is 1.96. The van der Waals surface area contributed by atoms with E-state index in [9.17, 15) is 14.4 Å². The van der Waals surface area contributed by atoms with Gasteiger partial charge in [0.2, 0.25) is 5.78 Å². The Morgan fingerprint density at radius 1 is 1.09 bits per heavy atom. The van der Waals surface area contributed by atoms with Crippen LogP contribution in [0.3, 0.4) is 0 Å². The standard InChI is InChI=1S/C25H27N5O3/c1-6-17-7-9-18(10-8-17)14-28-25(33)30-21-13-19(22(31)26-15(2)3)11-12-20(21)23(32)29(16(4)5)24(30)27-28/h6-13,15-16H,1,14H2,2-5H3,(H,26,31). The van der Waals surface area contributed by atoms with Crippen LogP contribution in [0.25, 0.3) is 22.8 Å². The van der Waals surface area contributed by atoms with Crippen LogP contribution in [0.15, 0.2) is 58.6 Å². The lowest BCUT2D eigenvalue weighted by Crippen LogP contribution is -2.31. The van der Waals surface area contributed by atoms with Crippen molar-refractivity contribution in [2.45, 2.75) is 46.3 Å². The molecule has 1 amide bonds. The first-order chi connectivity index (χ1) is 15.7. The SMILES string of the molecule is C=Cc1ccc(Cn2nc3n(C(C)C)c(=O)c4ccc(C(=O)NC(C)C)cc4n3c2=O)cc1. The van der Waals surface area contributed by atoms with Gasteiger partial charge in [-0.05, 0) is 57.0 Å². The van der Waals surface area contributed by atoms with E-state index in [1.807, 2.05) is 52.0 Å². The molecule has 0 saturated carbocycles. The van der Waals surface area contributed by atoms with Crippen molar-refractivity contribution in [2.75, 3.05) is 0 Å². The molecule has 2 aromatic heterocycles. The van der Waals surface area contributed by atoms with Gasteiger partial charge >= 0.3 is 5.69 Å². The Labute approximate surface area is 190 Å². The molecule has 0 fully saturated rings. The number of carbonyl (C=O) groups excluding carboxylic acids is 1. The van der Waals surface area contributed by atoms with Crippen molar-refractivity contribution in [1.82, 2.24) is 24.1 Å². The van der Waals surface area contributed by atoms with Crippen LogP contribution in [0.4, 0.5) is 0 Å². The van der Waals surface area contributed by atoms with Crippen molar-refractivity contribution in [2.24, 2.45) is 0 Å². The summed E-state index contributed by atoms with van der Waals surface area (Å²) in [5.41, 5.74) is 1.98. The molecule has 0 spiro atoms. The fraction of sp³-hybridized carbons (Fsp3) is 0.280. The van der Waals surface area contributed by atoms with Crippen molar-refractivity contribution < 1.29 is 4.79 Å². The second kappa shape index (κ2) is 8.54. The summed E-state index contributed by atoms with van der Waals surface area (Å²) < 4.78 is 4.27.